The molecule has 5 heteroatoms. The third kappa shape index (κ3) is 5.21. The number of fused-ring (bicyclic) bond motifs is 8. The van der Waals surface area contributed by atoms with Gasteiger partial charge in [0.2, 0.25) is 0 Å². The van der Waals surface area contributed by atoms with Crippen molar-refractivity contribution in [1.29, 1.82) is 0 Å². The Morgan fingerprint density at radius 3 is 1.69 bits per heavy atom. The molecule has 3 heterocycles. The van der Waals surface area contributed by atoms with Crippen LogP contribution in [-0.4, -0.2) is 19.5 Å². The second kappa shape index (κ2) is 12.8. The van der Waals surface area contributed by atoms with Gasteiger partial charge in [-0.25, -0.2) is 15.0 Å². The standard InChI is InChI=1S/C53H32N4O/c1-3-14-34(15-4-1)44-31-41(57-46-22-12-11-21-42(46)45-28-37-19-9-10-20-38(37)29-47(45)57)32-49-50(44)43-26-25-40(30-48(43)58-49)53-55-51(35-16-5-2-6-17-35)54-52(56-53)39-24-23-33-13-7-8-18-36(33)27-39/h1-32H. The number of rotatable bonds is 5. The van der Waals surface area contributed by atoms with Gasteiger partial charge in [0, 0.05) is 44.3 Å². The molecular weight excluding hydrogens is 709 g/mol. The molecule has 3 aromatic heterocycles. The number of hydrogen-bond donors (Lipinski definition) is 0. The van der Waals surface area contributed by atoms with Crippen molar-refractivity contribution < 1.29 is 4.42 Å². The summed E-state index contributed by atoms with van der Waals surface area (Å²) in [6.07, 6.45) is 0. The van der Waals surface area contributed by atoms with Crippen LogP contribution < -0.4 is 0 Å². The lowest BCUT2D eigenvalue weighted by molar-refractivity contribution is 0.669. The summed E-state index contributed by atoms with van der Waals surface area (Å²) in [7, 11) is 0. The van der Waals surface area contributed by atoms with Gasteiger partial charge >= 0.3 is 0 Å². The highest BCUT2D eigenvalue weighted by molar-refractivity contribution is 6.16. The third-order valence-electron chi connectivity index (χ3n) is 11.4. The Balaban J connectivity index is 1.08. The van der Waals surface area contributed by atoms with Gasteiger partial charge in [0.05, 0.1) is 16.7 Å². The minimum atomic E-state index is 0.584. The molecule has 0 aliphatic rings. The third-order valence-corrected chi connectivity index (χ3v) is 11.4. The van der Waals surface area contributed by atoms with Crippen molar-refractivity contribution in [3.05, 3.63) is 194 Å². The average Bonchev–Trinajstić information content (AvgIpc) is 3.83. The lowest BCUT2D eigenvalue weighted by Gasteiger charge is -2.12. The average molecular weight is 741 g/mol. The van der Waals surface area contributed by atoms with E-state index in [1.165, 1.54) is 26.9 Å². The highest BCUT2D eigenvalue weighted by Crippen LogP contribution is 2.42. The maximum atomic E-state index is 6.90. The summed E-state index contributed by atoms with van der Waals surface area (Å²) < 4.78 is 9.28. The molecule has 58 heavy (non-hydrogen) atoms. The van der Waals surface area contributed by atoms with Crippen LogP contribution in [0.1, 0.15) is 0 Å². The minimum absolute atomic E-state index is 0.584. The van der Waals surface area contributed by atoms with Crippen LogP contribution in [0.25, 0.3) is 116 Å². The summed E-state index contributed by atoms with van der Waals surface area (Å²) in [4.78, 5) is 15.1. The van der Waals surface area contributed by atoms with Crippen molar-refractivity contribution in [2.75, 3.05) is 0 Å². The zero-order valence-corrected chi connectivity index (χ0v) is 31.2. The van der Waals surface area contributed by atoms with Crippen LogP contribution in [-0.2, 0) is 0 Å². The monoisotopic (exact) mass is 740 g/mol. The summed E-state index contributed by atoms with van der Waals surface area (Å²) in [5, 5.41) is 9.28. The van der Waals surface area contributed by atoms with E-state index in [4.69, 9.17) is 19.4 Å². The molecule has 12 aromatic rings. The fourth-order valence-electron chi connectivity index (χ4n) is 8.62. The fraction of sp³-hybridized carbons (Fsp3) is 0. The van der Waals surface area contributed by atoms with Crippen molar-refractivity contribution >= 4 is 65.3 Å². The van der Waals surface area contributed by atoms with Gasteiger partial charge in [0.25, 0.3) is 0 Å². The van der Waals surface area contributed by atoms with E-state index in [0.29, 0.717) is 17.5 Å². The molecular formula is C53H32N4O. The number of para-hydroxylation sites is 1. The van der Waals surface area contributed by atoms with E-state index in [1.807, 2.05) is 30.3 Å². The summed E-state index contributed by atoms with van der Waals surface area (Å²) in [6.45, 7) is 0. The lowest BCUT2D eigenvalue weighted by Crippen LogP contribution is -2.00. The van der Waals surface area contributed by atoms with Gasteiger partial charge in [-0.05, 0) is 75.1 Å². The van der Waals surface area contributed by atoms with Crippen molar-refractivity contribution in [1.82, 2.24) is 19.5 Å². The first kappa shape index (κ1) is 32.4. The van der Waals surface area contributed by atoms with Gasteiger partial charge in [-0.15, -0.1) is 0 Å². The molecule has 0 aliphatic carbocycles. The Hall–Kier alpha value is -7.89. The number of nitrogens with zero attached hydrogens (tertiary/aromatic N) is 4. The number of benzene rings is 9. The second-order valence-electron chi connectivity index (χ2n) is 14.8. The summed E-state index contributed by atoms with van der Waals surface area (Å²) in [5.74, 6) is 1.82. The first-order chi connectivity index (χ1) is 28.7. The molecule has 270 valence electrons. The fourth-order valence-corrected chi connectivity index (χ4v) is 8.62. The van der Waals surface area contributed by atoms with Crippen LogP contribution in [0.5, 0.6) is 0 Å². The maximum absolute atomic E-state index is 6.90. The van der Waals surface area contributed by atoms with Gasteiger partial charge in [-0.3, -0.25) is 0 Å². The van der Waals surface area contributed by atoms with Crippen LogP contribution >= 0.6 is 0 Å². The van der Waals surface area contributed by atoms with Gasteiger partial charge in [0.1, 0.15) is 11.2 Å². The predicted octanol–water partition coefficient (Wildman–Crippen LogP) is 13.8. The molecule has 0 atom stereocenters. The van der Waals surface area contributed by atoms with E-state index in [0.717, 1.165) is 71.9 Å². The second-order valence-corrected chi connectivity index (χ2v) is 14.8. The molecule has 0 unspecified atom stereocenters. The quantitative estimate of drug-likeness (QED) is 0.176. The van der Waals surface area contributed by atoms with Crippen molar-refractivity contribution in [2.24, 2.45) is 0 Å². The van der Waals surface area contributed by atoms with E-state index in [9.17, 15) is 0 Å². The van der Waals surface area contributed by atoms with Gasteiger partial charge < -0.3 is 8.98 Å². The highest BCUT2D eigenvalue weighted by atomic mass is 16.3. The Labute approximate surface area is 333 Å². The molecule has 0 amide bonds. The van der Waals surface area contributed by atoms with Crippen LogP contribution in [0, 0.1) is 0 Å². The molecule has 0 saturated heterocycles. The Kier molecular flexibility index (Phi) is 7.16. The van der Waals surface area contributed by atoms with Crippen molar-refractivity contribution in [3.8, 4) is 51.0 Å². The van der Waals surface area contributed by atoms with E-state index >= 15 is 0 Å². The smallest absolute Gasteiger partial charge is 0.164 e. The molecule has 0 radical (unpaired) electrons. The topological polar surface area (TPSA) is 56.7 Å². The molecule has 0 fully saturated rings. The predicted molar refractivity (Wildman–Crippen MR) is 238 cm³/mol. The molecule has 0 bridgehead atoms. The molecule has 0 N–H and O–H groups in total. The van der Waals surface area contributed by atoms with E-state index in [2.05, 4.69) is 168 Å². The Morgan fingerprint density at radius 2 is 0.931 bits per heavy atom. The van der Waals surface area contributed by atoms with Crippen molar-refractivity contribution in [2.45, 2.75) is 0 Å². The first-order valence-electron chi connectivity index (χ1n) is 19.5. The van der Waals surface area contributed by atoms with Crippen molar-refractivity contribution in [3.63, 3.8) is 0 Å². The molecule has 12 rings (SSSR count). The summed E-state index contributed by atoms with van der Waals surface area (Å²) in [6, 6.07) is 68.1. The van der Waals surface area contributed by atoms with E-state index in [1.54, 1.807) is 0 Å². The summed E-state index contributed by atoms with van der Waals surface area (Å²) in [5.41, 5.74) is 9.86. The Morgan fingerprint density at radius 1 is 0.345 bits per heavy atom. The number of hydrogen-bond acceptors (Lipinski definition) is 4. The van der Waals surface area contributed by atoms with Gasteiger partial charge in [0.15, 0.2) is 17.5 Å². The largest absolute Gasteiger partial charge is 0.456 e. The zero-order valence-electron chi connectivity index (χ0n) is 31.2. The molecule has 9 aromatic carbocycles. The Bertz CT molecular complexity index is 3570. The summed E-state index contributed by atoms with van der Waals surface area (Å²) >= 11 is 0. The molecule has 0 saturated carbocycles. The van der Waals surface area contributed by atoms with Crippen LogP contribution in [0.4, 0.5) is 0 Å². The molecule has 5 nitrogen and oxygen atoms in total. The van der Waals surface area contributed by atoms with Gasteiger partial charge in [-0.2, -0.15) is 0 Å². The normalized spacial score (nSPS) is 11.8. The highest BCUT2D eigenvalue weighted by Gasteiger charge is 2.20. The van der Waals surface area contributed by atoms with E-state index in [-0.39, 0.29) is 0 Å². The molecule has 0 spiro atoms. The first-order valence-corrected chi connectivity index (χ1v) is 19.5. The number of furan rings is 1. The van der Waals surface area contributed by atoms with Crippen LogP contribution in [0.2, 0.25) is 0 Å². The zero-order chi connectivity index (χ0) is 38.2. The van der Waals surface area contributed by atoms with Crippen LogP contribution in [0.15, 0.2) is 199 Å². The SMILES string of the molecule is c1ccc(-c2nc(-c3ccc4ccccc4c3)nc(-c3ccc4c(c3)oc3cc(-n5c6ccccc6c6cc7ccccc7cc65)cc(-c5ccccc5)c34)n2)cc1. The van der Waals surface area contributed by atoms with Crippen LogP contribution in [0.3, 0.4) is 0 Å². The number of aromatic nitrogens is 4. The minimum Gasteiger partial charge on any atom is -0.456 e. The lowest BCUT2D eigenvalue weighted by atomic mass is 9.98. The molecule has 0 aliphatic heterocycles. The van der Waals surface area contributed by atoms with Gasteiger partial charge in [-0.1, -0.05) is 146 Å². The maximum Gasteiger partial charge on any atom is 0.164 e. The van der Waals surface area contributed by atoms with E-state index < -0.39 is 0 Å².